The molecule has 12 heteroatoms. The van der Waals surface area contributed by atoms with Gasteiger partial charge in [-0.15, -0.1) is 0 Å². The molecule has 5 N–H and O–H groups in total. The molecule has 0 bridgehead atoms. The molecule has 0 saturated heterocycles. The van der Waals surface area contributed by atoms with Crippen LogP contribution in [0.4, 0.5) is 17.3 Å². The molecule has 1 heterocycles. The third-order valence-corrected chi connectivity index (χ3v) is 6.20. The first-order valence-electron chi connectivity index (χ1n) is 7.14. The van der Waals surface area contributed by atoms with Crippen LogP contribution in [-0.4, -0.2) is 48.4 Å². The minimum atomic E-state index is -3.73. The van der Waals surface area contributed by atoms with Crippen LogP contribution in [0.5, 0.6) is 0 Å². The molecule has 9 nitrogen and oxygen atoms in total. The van der Waals surface area contributed by atoms with Crippen LogP contribution in [0.2, 0.25) is 5.02 Å². The number of nitrogen functional groups attached to an aromatic ring is 2. The summed E-state index contributed by atoms with van der Waals surface area (Å²) in [4.78, 5) is 19.9. The van der Waals surface area contributed by atoms with Crippen LogP contribution >= 0.6 is 23.4 Å². The molecule has 1 amide bonds. The summed E-state index contributed by atoms with van der Waals surface area (Å²) in [6.07, 6.45) is 0. The van der Waals surface area contributed by atoms with Gasteiger partial charge in [0.2, 0.25) is 15.9 Å². The summed E-state index contributed by atoms with van der Waals surface area (Å²) in [6.45, 7) is 0. The van der Waals surface area contributed by atoms with Crippen molar-refractivity contribution in [1.29, 1.82) is 0 Å². The molecule has 1 aromatic heterocycles. The van der Waals surface area contributed by atoms with Crippen molar-refractivity contribution in [1.82, 2.24) is 14.3 Å². The lowest BCUT2D eigenvalue weighted by Gasteiger charge is -2.14. The number of sulfonamides is 1. The van der Waals surface area contributed by atoms with Gasteiger partial charge in [-0.05, 0) is 18.2 Å². The number of thioether (sulfide) groups is 1. The number of carbonyl (C=O) groups excluding carboxylic acids is 1. The van der Waals surface area contributed by atoms with Crippen LogP contribution in [0.1, 0.15) is 0 Å². The van der Waals surface area contributed by atoms with Crippen molar-refractivity contribution < 1.29 is 13.2 Å². The number of amides is 1. The quantitative estimate of drug-likeness (QED) is 0.471. The second kappa shape index (κ2) is 8.08. The highest BCUT2D eigenvalue weighted by atomic mass is 35.5. The van der Waals surface area contributed by atoms with Crippen LogP contribution in [-0.2, 0) is 14.8 Å². The Morgan fingerprint density at radius 2 is 1.85 bits per heavy atom. The highest BCUT2D eigenvalue weighted by Gasteiger charge is 2.21. The number of carbonyl (C=O) groups is 1. The Hall–Kier alpha value is -2.08. The Morgan fingerprint density at radius 1 is 1.23 bits per heavy atom. The minimum absolute atomic E-state index is 0.0126. The predicted molar refractivity (Wildman–Crippen MR) is 103 cm³/mol. The molecule has 0 aliphatic heterocycles. The van der Waals surface area contributed by atoms with Gasteiger partial charge in [0.1, 0.15) is 16.5 Å². The maximum atomic E-state index is 12.2. The first-order valence-corrected chi connectivity index (χ1v) is 9.94. The molecule has 2 rings (SSSR count). The molecule has 0 aliphatic rings. The SMILES string of the molecule is CN(C)S(=O)(=O)c1cc(NC(=O)CSc2nc(N)cc(N)n2)ccc1Cl. The van der Waals surface area contributed by atoms with Gasteiger partial charge in [0.25, 0.3) is 0 Å². The number of nitrogens with two attached hydrogens (primary N) is 2. The summed E-state index contributed by atoms with van der Waals surface area (Å²) in [5.74, 6) is 0.0183. The molecule has 0 unspecified atom stereocenters. The molecule has 0 radical (unpaired) electrons. The normalized spacial score (nSPS) is 11.5. The third kappa shape index (κ3) is 4.97. The van der Waals surface area contributed by atoms with Gasteiger partial charge >= 0.3 is 0 Å². The number of benzene rings is 1. The highest BCUT2D eigenvalue weighted by Crippen LogP contribution is 2.27. The zero-order chi connectivity index (χ0) is 19.5. The zero-order valence-corrected chi connectivity index (χ0v) is 16.3. The lowest BCUT2D eigenvalue weighted by atomic mass is 10.3. The van der Waals surface area contributed by atoms with Gasteiger partial charge < -0.3 is 16.8 Å². The van der Waals surface area contributed by atoms with E-state index in [4.69, 9.17) is 23.1 Å². The third-order valence-electron chi connectivity index (χ3n) is 3.05. The summed E-state index contributed by atoms with van der Waals surface area (Å²) in [6, 6.07) is 5.62. The molecule has 0 fully saturated rings. The van der Waals surface area contributed by atoms with Gasteiger partial charge in [0.05, 0.1) is 10.8 Å². The number of nitrogens with zero attached hydrogens (tertiary/aromatic N) is 3. The molecule has 0 aliphatic carbocycles. The van der Waals surface area contributed by atoms with E-state index in [1.54, 1.807) is 0 Å². The van der Waals surface area contributed by atoms with Crippen molar-refractivity contribution in [3.63, 3.8) is 0 Å². The Kier molecular flexibility index (Phi) is 6.29. The predicted octanol–water partition coefficient (Wildman–Crippen LogP) is 1.28. The zero-order valence-electron chi connectivity index (χ0n) is 13.9. The molecule has 26 heavy (non-hydrogen) atoms. The van der Waals surface area contributed by atoms with Crippen molar-refractivity contribution in [2.45, 2.75) is 10.1 Å². The van der Waals surface area contributed by atoms with Crippen molar-refractivity contribution in [3.8, 4) is 0 Å². The fourth-order valence-corrected chi connectivity index (χ4v) is 3.90. The van der Waals surface area contributed by atoms with E-state index in [9.17, 15) is 13.2 Å². The molecular formula is C14H17ClN6O3S2. The number of anilines is 3. The first kappa shape index (κ1) is 20.2. The summed E-state index contributed by atoms with van der Waals surface area (Å²) in [7, 11) is -0.946. The number of aromatic nitrogens is 2. The van der Waals surface area contributed by atoms with Gasteiger partial charge in [-0.2, -0.15) is 0 Å². The van der Waals surface area contributed by atoms with Crippen LogP contribution in [0, 0.1) is 0 Å². The van der Waals surface area contributed by atoms with E-state index in [1.165, 1.54) is 38.4 Å². The lowest BCUT2D eigenvalue weighted by molar-refractivity contribution is -0.113. The fourth-order valence-electron chi connectivity index (χ4n) is 1.83. The summed E-state index contributed by atoms with van der Waals surface area (Å²) in [5.41, 5.74) is 11.4. The molecular weight excluding hydrogens is 400 g/mol. The van der Waals surface area contributed by atoms with E-state index in [0.717, 1.165) is 16.1 Å². The Labute approximate surface area is 160 Å². The standard InChI is InChI=1S/C14H17ClN6O3S2/c1-21(2)26(23,24)10-5-8(3-4-9(10)15)18-13(22)7-25-14-19-11(16)6-12(17)20-14/h3-6H,7H2,1-2H3,(H,18,22)(H4,16,17,19,20). The molecule has 140 valence electrons. The lowest BCUT2D eigenvalue weighted by Crippen LogP contribution is -2.23. The largest absolute Gasteiger partial charge is 0.383 e. The number of rotatable bonds is 6. The number of hydrogen-bond donors (Lipinski definition) is 3. The van der Waals surface area contributed by atoms with E-state index in [1.807, 2.05) is 0 Å². The maximum Gasteiger partial charge on any atom is 0.244 e. The maximum absolute atomic E-state index is 12.2. The molecule has 0 saturated carbocycles. The van der Waals surface area contributed by atoms with E-state index in [-0.39, 0.29) is 38.4 Å². The van der Waals surface area contributed by atoms with Gasteiger partial charge in [0.15, 0.2) is 5.16 Å². The summed E-state index contributed by atoms with van der Waals surface area (Å²) >= 11 is 7.02. The van der Waals surface area contributed by atoms with Crippen LogP contribution in [0.15, 0.2) is 34.3 Å². The van der Waals surface area contributed by atoms with Crippen LogP contribution in [0.25, 0.3) is 0 Å². The van der Waals surface area contributed by atoms with E-state index < -0.39 is 10.0 Å². The topological polar surface area (TPSA) is 144 Å². The fraction of sp³-hybridized carbons (Fsp3) is 0.214. The van der Waals surface area contributed by atoms with Gasteiger partial charge in [-0.3, -0.25) is 4.79 Å². The molecule has 2 aromatic rings. The van der Waals surface area contributed by atoms with Crippen molar-refractivity contribution >= 4 is 56.6 Å². The second-order valence-corrected chi connectivity index (χ2v) is 8.74. The highest BCUT2D eigenvalue weighted by molar-refractivity contribution is 7.99. The smallest absolute Gasteiger partial charge is 0.244 e. The van der Waals surface area contributed by atoms with Gasteiger partial charge in [-0.25, -0.2) is 22.7 Å². The Morgan fingerprint density at radius 3 is 2.42 bits per heavy atom. The van der Waals surface area contributed by atoms with Crippen molar-refractivity contribution in [3.05, 3.63) is 29.3 Å². The second-order valence-electron chi connectivity index (χ2n) is 5.27. The Balaban J connectivity index is 2.10. The van der Waals surface area contributed by atoms with Crippen molar-refractivity contribution in [2.75, 3.05) is 36.6 Å². The molecule has 0 atom stereocenters. The Bertz CT molecular complexity index is 916. The van der Waals surface area contributed by atoms with E-state index in [2.05, 4.69) is 15.3 Å². The van der Waals surface area contributed by atoms with Crippen LogP contribution in [0.3, 0.4) is 0 Å². The summed E-state index contributed by atoms with van der Waals surface area (Å²) in [5, 5.41) is 2.93. The van der Waals surface area contributed by atoms with E-state index >= 15 is 0 Å². The number of nitrogens with one attached hydrogen (secondary N) is 1. The average molecular weight is 417 g/mol. The average Bonchev–Trinajstić information content (AvgIpc) is 2.53. The monoisotopic (exact) mass is 416 g/mol. The molecule has 0 spiro atoms. The van der Waals surface area contributed by atoms with Gasteiger partial charge in [0, 0.05) is 25.8 Å². The number of halogens is 1. The van der Waals surface area contributed by atoms with E-state index in [0.29, 0.717) is 5.69 Å². The van der Waals surface area contributed by atoms with Crippen LogP contribution < -0.4 is 16.8 Å². The minimum Gasteiger partial charge on any atom is -0.383 e. The van der Waals surface area contributed by atoms with Crippen molar-refractivity contribution in [2.24, 2.45) is 0 Å². The first-order chi connectivity index (χ1) is 12.1. The summed E-state index contributed by atoms with van der Waals surface area (Å²) < 4.78 is 25.5. The molecule has 1 aromatic carbocycles. The number of hydrogen-bond acceptors (Lipinski definition) is 8. The van der Waals surface area contributed by atoms with Gasteiger partial charge in [-0.1, -0.05) is 23.4 Å².